The summed E-state index contributed by atoms with van der Waals surface area (Å²) in [7, 11) is 0. The third kappa shape index (κ3) is 13.1. The quantitative estimate of drug-likeness (QED) is 0.0540. The first kappa shape index (κ1) is 61.4. The van der Waals surface area contributed by atoms with Crippen molar-refractivity contribution in [2.24, 2.45) is 21.7 Å². The molecule has 0 saturated heterocycles. The summed E-state index contributed by atoms with van der Waals surface area (Å²) in [5.74, 6) is 0.572. The molecule has 0 saturated carbocycles. The summed E-state index contributed by atoms with van der Waals surface area (Å²) in [4.78, 5) is 45.7. The number of nitriles is 1. The zero-order chi connectivity index (χ0) is 52.3. The molecule has 0 radical (unpaired) electrons. The Morgan fingerprint density at radius 1 is 0.603 bits per heavy atom. The van der Waals surface area contributed by atoms with Gasteiger partial charge in [-0.05, 0) is 62.8 Å². The van der Waals surface area contributed by atoms with Crippen molar-refractivity contribution < 1.29 is 66.3 Å². The fraction of sp³-hybridized carbons (Fsp3) is 0.400. The molecule has 73 heavy (non-hydrogen) atoms. The second-order valence-electron chi connectivity index (χ2n) is 19.2. The van der Waals surface area contributed by atoms with Gasteiger partial charge in [0, 0.05) is 116 Å². The molecule has 7 rings (SSSR count). The number of carbonyl (C=O) groups excluding carboxylic acids is 2. The van der Waals surface area contributed by atoms with E-state index in [-0.39, 0.29) is 86.9 Å². The van der Waals surface area contributed by atoms with Crippen LogP contribution in [0.4, 0.5) is 5.69 Å². The van der Waals surface area contributed by atoms with Crippen molar-refractivity contribution in [3.05, 3.63) is 126 Å². The van der Waals surface area contributed by atoms with E-state index in [0.717, 1.165) is 72.9 Å². The molecule has 5 aromatic heterocycles. The normalized spacial score (nSPS) is 12.1. The van der Waals surface area contributed by atoms with Gasteiger partial charge in [0.2, 0.25) is 5.69 Å². The first-order valence-corrected chi connectivity index (χ1v) is 24.8. The SMILES string of the molecule is CCC(C)(CC)C(=O)/C=C(\O)C(C)(CC)CC.CCC(C)(CC)C(=O)/C=C(\O)C(C)(CC)CC.[C-]#[N+]c1cncc2nc(-c3[c-]ccc4c3oc3c(-c5ccc6c(C#N)cncc6n5)[c-]ccc34)ccc12.[Pt].[Pt]. The number of hydrogen-bond donors (Lipinski definition) is 2. The van der Waals surface area contributed by atoms with Crippen LogP contribution in [0.1, 0.15) is 140 Å². The molecule has 5 heterocycles. The Kier molecular flexibility index (Phi) is 22.2. The predicted octanol–water partition coefficient (Wildman–Crippen LogP) is 16.1. The Labute approximate surface area is 460 Å². The molecule has 7 aromatic rings. The van der Waals surface area contributed by atoms with E-state index in [1.165, 1.54) is 18.3 Å². The van der Waals surface area contributed by atoms with Crippen LogP contribution < -0.4 is 0 Å². The average molecular weight is 1340 g/mol. The standard InChI is InChI=1S/C30H12N6O.2C15H28O2.2Pt/c1-32-26-14-34-16-28-21(26)9-11-25(36-28)23-7-3-5-20-19-4-2-6-22(29(19)37-30(20)23)24-10-8-18-17(12-31)13-33-15-27(18)35-24;2*1-7-14(5,8-2)12(16)11-13(17)15(6,9-3)10-4;;/h2-5,8-11,13-16H;2*11,16H,7-10H2,1-6H3;;/q-2;;;;/b;2*12-11-;;. The number of aromatic nitrogens is 4. The molecule has 0 aliphatic heterocycles. The first-order chi connectivity index (χ1) is 33.8. The van der Waals surface area contributed by atoms with E-state index in [4.69, 9.17) is 21.0 Å². The maximum Gasteiger partial charge on any atom is 0.214 e. The van der Waals surface area contributed by atoms with Crippen molar-refractivity contribution in [1.82, 2.24) is 19.9 Å². The molecule has 2 aromatic carbocycles. The van der Waals surface area contributed by atoms with Crippen LogP contribution in [0.15, 0.2) is 101 Å². The van der Waals surface area contributed by atoms with Crippen LogP contribution in [0.2, 0.25) is 0 Å². The maximum atomic E-state index is 12.2. The van der Waals surface area contributed by atoms with Gasteiger partial charge >= 0.3 is 0 Å². The average Bonchev–Trinajstić information content (AvgIpc) is 3.80. The summed E-state index contributed by atoms with van der Waals surface area (Å²) < 4.78 is 6.46. The molecule has 0 aliphatic carbocycles. The fourth-order valence-corrected chi connectivity index (χ4v) is 8.00. The van der Waals surface area contributed by atoms with Gasteiger partial charge in [0.1, 0.15) is 17.6 Å². The molecular weight excluding hydrogens is 1270 g/mol. The maximum absolute atomic E-state index is 12.2. The Hall–Kier alpha value is -5.86. The number of carbonyl (C=O) groups is 2. The molecule has 0 aliphatic rings. The molecule has 0 fully saturated rings. The van der Waals surface area contributed by atoms with E-state index in [1.807, 2.05) is 132 Å². The zero-order valence-electron chi connectivity index (χ0n) is 44.2. The van der Waals surface area contributed by atoms with E-state index in [2.05, 4.69) is 33.0 Å². The molecule has 2 N–H and O–H groups in total. The number of furan rings is 1. The van der Waals surface area contributed by atoms with Gasteiger partial charge in [0.15, 0.2) is 11.6 Å². The third-order valence-corrected chi connectivity index (χ3v) is 15.6. The van der Waals surface area contributed by atoms with Gasteiger partial charge in [-0.3, -0.25) is 29.5 Å². The number of ketones is 2. The van der Waals surface area contributed by atoms with Crippen molar-refractivity contribution in [2.75, 3.05) is 0 Å². The third-order valence-electron chi connectivity index (χ3n) is 15.6. The van der Waals surface area contributed by atoms with Crippen molar-refractivity contribution in [3.8, 4) is 28.6 Å². The van der Waals surface area contributed by atoms with E-state index in [1.54, 1.807) is 18.6 Å². The number of nitrogens with zero attached hydrogens (tertiary/aromatic N) is 6. The van der Waals surface area contributed by atoms with Crippen LogP contribution in [0.25, 0.3) is 71.1 Å². The summed E-state index contributed by atoms with van der Waals surface area (Å²) in [5.41, 5.74) is 5.04. The molecule has 0 unspecified atom stereocenters. The van der Waals surface area contributed by atoms with Crippen LogP contribution in [-0.4, -0.2) is 41.7 Å². The van der Waals surface area contributed by atoms with Gasteiger partial charge in [-0.25, -0.2) is 4.85 Å². The molecule has 0 atom stereocenters. The van der Waals surface area contributed by atoms with Gasteiger partial charge in [0.25, 0.3) is 0 Å². The van der Waals surface area contributed by atoms with Gasteiger partial charge < -0.3 is 14.6 Å². The number of aliphatic hydroxyl groups is 2. The summed E-state index contributed by atoms with van der Waals surface area (Å²) in [5, 5.41) is 33.0. The van der Waals surface area contributed by atoms with Crippen LogP contribution in [-0.2, 0) is 51.7 Å². The summed E-state index contributed by atoms with van der Waals surface area (Å²) in [6, 6.07) is 23.8. The Balaban J connectivity index is 0.000000331. The van der Waals surface area contributed by atoms with Gasteiger partial charge in [0.05, 0.1) is 29.4 Å². The van der Waals surface area contributed by atoms with Crippen molar-refractivity contribution in [3.63, 3.8) is 0 Å². The Bertz CT molecular complexity index is 2990. The predicted molar refractivity (Wildman–Crippen MR) is 286 cm³/mol. The number of benzene rings is 2. The van der Waals surface area contributed by atoms with E-state index >= 15 is 0 Å². The van der Waals surface area contributed by atoms with Crippen molar-refractivity contribution in [1.29, 1.82) is 5.26 Å². The number of rotatable bonds is 16. The topological polar surface area (TPSA) is 167 Å². The van der Waals surface area contributed by atoms with Crippen molar-refractivity contribution in [2.45, 2.75) is 134 Å². The molecule has 13 heteroatoms. The van der Waals surface area contributed by atoms with Crippen LogP contribution in [0, 0.1) is 51.7 Å². The second kappa shape index (κ2) is 26.4. The van der Waals surface area contributed by atoms with Crippen LogP contribution >= 0.6 is 0 Å². The number of allylic oxidation sites excluding steroid dienone is 4. The molecule has 390 valence electrons. The van der Waals surface area contributed by atoms with E-state index < -0.39 is 0 Å². The minimum Gasteiger partial charge on any atom is -0.545 e. The first-order valence-electron chi connectivity index (χ1n) is 24.8. The van der Waals surface area contributed by atoms with Gasteiger partial charge in [-0.15, -0.1) is 36.4 Å². The number of hydrogen-bond acceptors (Lipinski definition) is 10. The molecular formula is C60H68N6O5Pt2-2. The Morgan fingerprint density at radius 2 is 0.986 bits per heavy atom. The summed E-state index contributed by atoms with van der Waals surface area (Å²) >= 11 is 0. The number of aliphatic hydroxyl groups excluding tert-OH is 2. The van der Waals surface area contributed by atoms with Crippen LogP contribution in [0.5, 0.6) is 0 Å². The van der Waals surface area contributed by atoms with E-state index in [9.17, 15) is 25.1 Å². The minimum absolute atomic E-state index is 0. The number of fused-ring (bicyclic) bond motifs is 5. The van der Waals surface area contributed by atoms with Gasteiger partial charge in [-0.1, -0.05) is 129 Å². The summed E-state index contributed by atoms with van der Waals surface area (Å²) in [6.45, 7) is 31.5. The molecule has 0 amide bonds. The molecule has 0 spiro atoms. The second-order valence-corrected chi connectivity index (χ2v) is 19.2. The largest absolute Gasteiger partial charge is 0.545 e. The molecule has 0 bridgehead atoms. The number of pyridine rings is 4. The zero-order valence-corrected chi connectivity index (χ0v) is 48.7. The Morgan fingerprint density at radius 3 is 1.37 bits per heavy atom. The van der Waals surface area contributed by atoms with Crippen molar-refractivity contribution >= 4 is 61.0 Å². The monoisotopic (exact) mass is 1340 g/mol. The van der Waals surface area contributed by atoms with Crippen LogP contribution in [0.3, 0.4) is 0 Å². The van der Waals surface area contributed by atoms with E-state index in [0.29, 0.717) is 56.0 Å². The minimum atomic E-state index is -0.337. The van der Waals surface area contributed by atoms with Gasteiger partial charge in [-0.2, -0.15) is 5.26 Å². The fourth-order valence-electron chi connectivity index (χ4n) is 8.00. The molecule has 11 nitrogen and oxygen atoms in total. The smallest absolute Gasteiger partial charge is 0.214 e. The summed E-state index contributed by atoms with van der Waals surface area (Å²) in [6.07, 6.45) is 15.9.